The summed E-state index contributed by atoms with van der Waals surface area (Å²) in [5, 5.41) is 0. The van der Waals surface area contributed by atoms with Crippen LogP contribution < -0.4 is 5.73 Å². The normalized spacial score (nSPS) is 26.3. The third kappa shape index (κ3) is 2.21. The first kappa shape index (κ1) is 12.5. The molecule has 4 nitrogen and oxygen atoms in total. The van der Waals surface area contributed by atoms with Crippen molar-refractivity contribution in [1.82, 2.24) is 4.90 Å². The van der Waals surface area contributed by atoms with Gasteiger partial charge < -0.3 is 15.4 Å². The van der Waals surface area contributed by atoms with Crippen LogP contribution in [0.5, 0.6) is 0 Å². The molecule has 2 fully saturated rings. The van der Waals surface area contributed by atoms with Crippen molar-refractivity contribution in [1.29, 1.82) is 0 Å². The molecule has 4 heteroatoms. The van der Waals surface area contributed by atoms with Gasteiger partial charge in [0.05, 0.1) is 24.3 Å². The second-order valence-corrected chi connectivity index (χ2v) is 5.50. The summed E-state index contributed by atoms with van der Waals surface area (Å²) < 4.78 is 5.75. The lowest BCUT2D eigenvalue weighted by molar-refractivity contribution is -0.0445. The van der Waals surface area contributed by atoms with Crippen molar-refractivity contribution in [2.75, 3.05) is 18.9 Å². The van der Waals surface area contributed by atoms with Crippen molar-refractivity contribution in [3.8, 4) is 0 Å². The Bertz CT molecular complexity index is 501. The number of nitrogens with two attached hydrogens (primary N) is 1. The topological polar surface area (TPSA) is 55.6 Å². The summed E-state index contributed by atoms with van der Waals surface area (Å²) in [5.74, 6) is 0.0569. The molecule has 3 rings (SSSR count). The van der Waals surface area contributed by atoms with Gasteiger partial charge in [0, 0.05) is 12.2 Å². The van der Waals surface area contributed by atoms with E-state index in [1.54, 1.807) is 0 Å². The van der Waals surface area contributed by atoms with E-state index >= 15 is 0 Å². The summed E-state index contributed by atoms with van der Waals surface area (Å²) in [6.07, 6.45) is 3.48. The second kappa shape index (κ2) is 4.85. The molecule has 1 aliphatic carbocycles. The number of benzene rings is 1. The highest BCUT2D eigenvalue weighted by Gasteiger charge is 2.38. The van der Waals surface area contributed by atoms with Crippen LogP contribution in [0.25, 0.3) is 0 Å². The van der Waals surface area contributed by atoms with Crippen LogP contribution in [-0.2, 0) is 4.74 Å². The third-order valence-corrected chi connectivity index (χ3v) is 4.18. The van der Waals surface area contributed by atoms with E-state index in [1.165, 1.54) is 0 Å². The molecule has 0 aromatic heterocycles. The van der Waals surface area contributed by atoms with Crippen molar-refractivity contribution < 1.29 is 9.53 Å². The second-order valence-electron chi connectivity index (χ2n) is 5.50. The predicted molar refractivity (Wildman–Crippen MR) is 74.0 cm³/mol. The Balaban J connectivity index is 1.88. The summed E-state index contributed by atoms with van der Waals surface area (Å²) in [7, 11) is 0. The zero-order valence-electron chi connectivity index (χ0n) is 11.3. The third-order valence-electron chi connectivity index (χ3n) is 4.18. The number of ether oxygens (including phenoxy) is 1. The fourth-order valence-corrected chi connectivity index (χ4v) is 3.19. The Morgan fingerprint density at radius 1 is 1.42 bits per heavy atom. The van der Waals surface area contributed by atoms with Crippen molar-refractivity contribution in [2.45, 2.75) is 38.3 Å². The molecule has 2 aliphatic rings. The van der Waals surface area contributed by atoms with Crippen molar-refractivity contribution in [2.24, 2.45) is 0 Å². The Kier molecular flexibility index (Phi) is 3.19. The minimum absolute atomic E-state index is 0.0569. The van der Waals surface area contributed by atoms with Gasteiger partial charge in [-0.25, -0.2) is 0 Å². The van der Waals surface area contributed by atoms with Crippen LogP contribution in [-0.4, -0.2) is 36.1 Å². The van der Waals surface area contributed by atoms with Gasteiger partial charge in [-0.2, -0.15) is 0 Å². The molecule has 1 amide bonds. The molecule has 2 atom stereocenters. The Morgan fingerprint density at radius 2 is 2.26 bits per heavy atom. The first-order valence-corrected chi connectivity index (χ1v) is 6.95. The number of nitrogens with zero attached hydrogens (tertiary/aromatic N) is 1. The van der Waals surface area contributed by atoms with Gasteiger partial charge in [-0.05, 0) is 38.3 Å². The highest BCUT2D eigenvalue weighted by atomic mass is 16.5. The number of aryl methyl sites for hydroxylation is 1. The molecule has 2 unspecified atom stereocenters. The average Bonchev–Trinajstić information content (AvgIpc) is 2.89. The fourth-order valence-electron chi connectivity index (χ4n) is 3.19. The lowest BCUT2D eigenvalue weighted by Crippen LogP contribution is -2.51. The summed E-state index contributed by atoms with van der Waals surface area (Å²) in [5.41, 5.74) is 8.22. The highest BCUT2D eigenvalue weighted by Crippen LogP contribution is 2.31. The Hall–Kier alpha value is -1.55. The number of hydrogen-bond acceptors (Lipinski definition) is 3. The maximum absolute atomic E-state index is 12.7. The lowest BCUT2D eigenvalue weighted by Gasteiger charge is -2.38. The lowest BCUT2D eigenvalue weighted by atomic mass is 10.1. The standard InChI is InChI=1S/C15H20N2O2/c1-10-5-6-12(16)11(9-10)15(18)17-7-8-19-14-4-2-3-13(14)17/h5-6,9,13-14H,2-4,7-8,16H2,1H3. The van der Waals surface area contributed by atoms with Gasteiger partial charge in [0.1, 0.15) is 0 Å². The molecule has 1 saturated heterocycles. The minimum atomic E-state index is 0.0569. The van der Waals surface area contributed by atoms with E-state index < -0.39 is 0 Å². The van der Waals surface area contributed by atoms with Crippen LogP contribution >= 0.6 is 0 Å². The molecular formula is C15H20N2O2. The Morgan fingerprint density at radius 3 is 3.11 bits per heavy atom. The molecule has 0 radical (unpaired) electrons. The van der Waals surface area contributed by atoms with Gasteiger partial charge in [0.25, 0.3) is 5.91 Å². The van der Waals surface area contributed by atoms with Crippen molar-refractivity contribution >= 4 is 11.6 Å². The average molecular weight is 260 g/mol. The van der Waals surface area contributed by atoms with E-state index in [2.05, 4.69) is 0 Å². The maximum Gasteiger partial charge on any atom is 0.256 e. The molecular weight excluding hydrogens is 240 g/mol. The first-order chi connectivity index (χ1) is 9.16. The van der Waals surface area contributed by atoms with E-state index in [4.69, 9.17) is 10.5 Å². The van der Waals surface area contributed by atoms with Crippen LogP contribution in [0.15, 0.2) is 18.2 Å². The van der Waals surface area contributed by atoms with E-state index in [0.29, 0.717) is 24.4 Å². The first-order valence-electron chi connectivity index (χ1n) is 6.95. The van der Waals surface area contributed by atoms with Gasteiger partial charge in [-0.1, -0.05) is 11.6 Å². The quantitative estimate of drug-likeness (QED) is 0.785. The number of fused-ring (bicyclic) bond motifs is 1. The molecule has 0 spiro atoms. The maximum atomic E-state index is 12.7. The molecule has 1 heterocycles. The molecule has 102 valence electrons. The molecule has 19 heavy (non-hydrogen) atoms. The van der Waals surface area contributed by atoms with Crippen LogP contribution in [0.4, 0.5) is 5.69 Å². The summed E-state index contributed by atoms with van der Waals surface area (Å²) in [4.78, 5) is 14.7. The van der Waals surface area contributed by atoms with Gasteiger partial charge in [-0.3, -0.25) is 4.79 Å². The van der Waals surface area contributed by atoms with Crippen LogP contribution in [0.1, 0.15) is 35.2 Å². The largest absolute Gasteiger partial charge is 0.398 e. The number of nitrogen functional groups attached to an aromatic ring is 1. The molecule has 1 aromatic rings. The zero-order valence-corrected chi connectivity index (χ0v) is 11.3. The van der Waals surface area contributed by atoms with Crippen molar-refractivity contribution in [3.05, 3.63) is 29.3 Å². The minimum Gasteiger partial charge on any atom is -0.398 e. The van der Waals surface area contributed by atoms with Crippen LogP contribution in [0, 0.1) is 6.92 Å². The molecule has 2 N–H and O–H groups in total. The molecule has 1 saturated carbocycles. The van der Waals surface area contributed by atoms with E-state index in [9.17, 15) is 4.79 Å². The molecule has 0 bridgehead atoms. The smallest absolute Gasteiger partial charge is 0.256 e. The van der Waals surface area contributed by atoms with E-state index in [-0.39, 0.29) is 18.1 Å². The summed E-state index contributed by atoms with van der Waals surface area (Å²) >= 11 is 0. The zero-order chi connectivity index (χ0) is 13.4. The summed E-state index contributed by atoms with van der Waals surface area (Å²) in [6, 6.07) is 5.87. The molecule has 1 aliphatic heterocycles. The number of rotatable bonds is 1. The summed E-state index contributed by atoms with van der Waals surface area (Å²) in [6.45, 7) is 3.29. The van der Waals surface area contributed by atoms with Crippen LogP contribution in [0.3, 0.4) is 0 Å². The van der Waals surface area contributed by atoms with Crippen molar-refractivity contribution in [3.63, 3.8) is 0 Å². The number of carbonyl (C=O) groups excluding carboxylic acids is 1. The fraction of sp³-hybridized carbons (Fsp3) is 0.533. The predicted octanol–water partition coefficient (Wildman–Crippen LogP) is 1.97. The van der Waals surface area contributed by atoms with Gasteiger partial charge in [-0.15, -0.1) is 0 Å². The van der Waals surface area contributed by atoms with Crippen LogP contribution in [0.2, 0.25) is 0 Å². The number of hydrogen-bond donors (Lipinski definition) is 1. The number of amides is 1. The highest BCUT2D eigenvalue weighted by molar-refractivity contribution is 5.99. The van der Waals surface area contributed by atoms with E-state index in [1.807, 2.05) is 30.0 Å². The number of carbonyl (C=O) groups is 1. The SMILES string of the molecule is Cc1ccc(N)c(C(=O)N2CCOC3CCCC32)c1. The van der Waals surface area contributed by atoms with Gasteiger partial charge in [0.2, 0.25) is 0 Å². The van der Waals surface area contributed by atoms with Gasteiger partial charge >= 0.3 is 0 Å². The van der Waals surface area contributed by atoms with E-state index in [0.717, 1.165) is 24.8 Å². The monoisotopic (exact) mass is 260 g/mol. The number of morpholine rings is 1. The Labute approximate surface area is 113 Å². The molecule has 1 aromatic carbocycles. The van der Waals surface area contributed by atoms with Gasteiger partial charge in [0.15, 0.2) is 0 Å². The number of anilines is 1.